The maximum atomic E-state index is 14.7. The molecule has 1 aliphatic rings. The largest absolute Gasteiger partial charge is 0.508 e. The number of hydrogen-bond donors (Lipinski definition) is 17. The number of carbonyl (C=O) groups is 10. The number of aromatic hydroxyl groups is 1. The Morgan fingerprint density at radius 2 is 1.37 bits per heavy atom. The van der Waals surface area contributed by atoms with Gasteiger partial charge in [-0.1, -0.05) is 30.3 Å². The molecule has 0 aliphatic carbocycles. The van der Waals surface area contributed by atoms with Crippen molar-refractivity contribution in [1.29, 1.82) is 0 Å². The van der Waals surface area contributed by atoms with Crippen LogP contribution in [0.15, 0.2) is 59.7 Å². The fourth-order valence-electron chi connectivity index (χ4n) is 7.97. The van der Waals surface area contributed by atoms with Crippen molar-refractivity contribution >= 4 is 101 Å². The third kappa shape index (κ3) is 18.6. The molecule has 1 saturated heterocycles. The number of carboxylic acid groups (broad SMARTS) is 2. The molecule has 27 nitrogen and oxygen atoms in total. The van der Waals surface area contributed by atoms with Crippen LogP contribution in [0.2, 0.25) is 0 Å². The smallest absolute Gasteiger partial charge is 0.327 e. The molecule has 1 aromatic heterocycles. The van der Waals surface area contributed by atoms with Crippen molar-refractivity contribution in [3.8, 4) is 5.75 Å². The summed E-state index contributed by atoms with van der Waals surface area (Å²) in [4.78, 5) is 141. The molecule has 18 N–H and O–H groups in total. The van der Waals surface area contributed by atoms with Gasteiger partial charge >= 0.3 is 11.9 Å². The van der Waals surface area contributed by atoms with Crippen molar-refractivity contribution in [2.24, 2.45) is 22.2 Å². The van der Waals surface area contributed by atoms with Crippen molar-refractivity contribution < 1.29 is 68.4 Å². The first-order valence-corrected chi connectivity index (χ1v) is 25.2. The van der Waals surface area contributed by atoms with E-state index in [1.807, 2.05) is 0 Å². The number of nitrogens with two attached hydrogens (primary N) is 3. The van der Waals surface area contributed by atoms with E-state index >= 15 is 0 Å². The van der Waals surface area contributed by atoms with Gasteiger partial charge in [0, 0.05) is 61.0 Å². The summed E-state index contributed by atoms with van der Waals surface area (Å²) >= 11 is 7.99. The number of nitrogens with one attached hydrogen (secondary N) is 8. The van der Waals surface area contributed by atoms with E-state index < -0.39 is 134 Å². The first kappa shape index (κ1) is 60.9. The van der Waals surface area contributed by atoms with Crippen LogP contribution < -0.4 is 54.4 Å². The first-order valence-electron chi connectivity index (χ1n) is 24.0. The number of guanidine groups is 1. The molecule has 414 valence electrons. The number of aromatic amines is 1. The Kier molecular flexibility index (Phi) is 24.1. The summed E-state index contributed by atoms with van der Waals surface area (Å²) in [7, 11) is 0. The Bertz CT molecular complexity index is 2580. The number of nitrogens with zero attached hydrogens (tertiary/aromatic N) is 2. The quantitative estimate of drug-likeness (QED) is 0.0130. The van der Waals surface area contributed by atoms with Crippen molar-refractivity contribution in [2.75, 3.05) is 37.7 Å². The molecule has 8 atom stereocenters. The molecule has 0 saturated carbocycles. The highest BCUT2D eigenvalue weighted by Gasteiger charge is 2.40. The van der Waals surface area contributed by atoms with Crippen LogP contribution in [0.4, 0.5) is 0 Å². The van der Waals surface area contributed by atoms with Crippen LogP contribution >= 0.6 is 25.3 Å². The van der Waals surface area contributed by atoms with Crippen molar-refractivity contribution in [3.63, 3.8) is 0 Å². The van der Waals surface area contributed by atoms with Crippen LogP contribution in [0.25, 0.3) is 10.9 Å². The molecule has 8 unspecified atom stereocenters. The average molecular weight is 1100 g/mol. The second-order valence-corrected chi connectivity index (χ2v) is 18.4. The predicted octanol–water partition coefficient (Wildman–Crippen LogP) is -4.14. The zero-order valence-corrected chi connectivity index (χ0v) is 42.9. The summed E-state index contributed by atoms with van der Waals surface area (Å²) in [5.41, 5.74) is 18.2. The van der Waals surface area contributed by atoms with Crippen LogP contribution in [-0.4, -0.2) is 182 Å². The van der Waals surface area contributed by atoms with E-state index in [2.05, 4.69) is 72.5 Å². The third-order valence-electron chi connectivity index (χ3n) is 12.0. The number of aliphatic hydroxyl groups excluding tert-OH is 1. The molecular weight excluding hydrogens is 1030 g/mol. The number of fused-ring (bicyclic) bond motifs is 1. The van der Waals surface area contributed by atoms with Gasteiger partial charge in [-0.2, -0.15) is 25.3 Å². The Labute approximate surface area is 446 Å². The van der Waals surface area contributed by atoms with E-state index in [1.54, 1.807) is 30.5 Å². The highest BCUT2D eigenvalue weighted by molar-refractivity contribution is 7.80. The number of thiol groups is 2. The summed E-state index contributed by atoms with van der Waals surface area (Å²) in [6, 6.07) is 1.54. The number of likely N-dealkylation sites (tertiary alicyclic amines) is 1. The molecule has 0 radical (unpaired) electrons. The number of amides is 8. The Hall–Kier alpha value is -7.63. The molecule has 2 heterocycles. The van der Waals surface area contributed by atoms with E-state index in [4.69, 9.17) is 17.2 Å². The zero-order valence-electron chi connectivity index (χ0n) is 41.1. The van der Waals surface area contributed by atoms with Crippen LogP contribution in [-0.2, 0) is 60.8 Å². The number of carboxylic acids is 2. The van der Waals surface area contributed by atoms with Crippen molar-refractivity contribution in [1.82, 2.24) is 47.1 Å². The van der Waals surface area contributed by atoms with E-state index in [0.717, 1.165) is 0 Å². The SMILES string of the molecule is NC(N)=NCCCC(NC(=O)C(N)CS)C(=O)NCC(=O)NC(CCC(=O)O)C(=O)NC(CO)C(=O)NC(Cc1c[nH]c2ccccc12)C(=O)N1CCCC1C(=O)NC(Cc1ccc(O)cc1)C(=O)NC(CS)C(=O)O. The molecule has 76 heavy (non-hydrogen) atoms. The molecule has 1 fully saturated rings. The normalized spacial score (nSPS) is 15.8. The Morgan fingerprint density at radius 3 is 2.01 bits per heavy atom. The van der Waals surface area contributed by atoms with Gasteiger partial charge in [-0.05, 0) is 61.4 Å². The number of phenolic OH excluding ortho intramolecular Hbond substituents is 1. The minimum atomic E-state index is -1.81. The van der Waals surface area contributed by atoms with Gasteiger partial charge in [0.1, 0.15) is 48.0 Å². The summed E-state index contributed by atoms with van der Waals surface area (Å²) in [5, 5.41) is 57.0. The van der Waals surface area contributed by atoms with Gasteiger partial charge in [0.2, 0.25) is 47.3 Å². The number of carbonyl (C=O) groups excluding carboxylic acids is 8. The Balaban J connectivity index is 1.54. The van der Waals surface area contributed by atoms with E-state index in [-0.39, 0.29) is 68.4 Å². The molecule has 29 heteroatoms. The predicted molar refractivity (Wildman–Crippen MR) is 280 cm³/mol. The van der Waals surface area contributed by atoms with Gasteiger partial charge in [0.25, 0.3) is 0 Å². The molecule has 1 aliphatic heterocycles. The number of aliphatic carboxylic acids is 2. The second kappa shape index (κ2) is 30.1. The van der Waals surface area contributed by atoms with Crippen LogP contribution in [0.1, 0.15) is 49.7 Å². The zero-order chi connectivity index (χ0) is 56.1. The lowest BCUT2D eigenvalue weighted by atomic mass is 10.0. The van der Waals surface area contributed by atoms with Gasteiger partial charge in [-0.3, -0.25) is 48.1 Å². The average Bonchev–Trinajstić information content (AvgIpc) is 4.06. The molecule has 4 rings (SSSR count). The summed E-state index contributed by atoms with van der Waals surface area (Å²) in [6.45, 7) is -1.74. The summed E-state index contributed by atoms with van der Waals surface area (Å²) < 4.78 is 0. The number of aromatic nitrogens is 1. The fourth-order valence-corrected chi connectivity index (χ4v) is 8.39. The number of aliphatic imine (C=N–C) groups is 1. The lowest BCUT2D eigenvalue weighted by Crippen LogP contribution is -2.60. The van der Waals surface area contributed by atoms with Gasteiger partial charge in [-0.25, -0.2) is 4.79 Å². The maximum Gasteiger partial charge on any atom is 0.327 e. The number of H-pyrrole nitrogens is 1. The van der Waals surface area contributed by atoms with E-state index in [1.165, 1.54) is 29.2 Å². The van der Waals surface area contributed by atoms with Crippen LogP contribution in [0.5, 0.6) is 5.75 Å². The highest BCUT2D eigenvalue weighted by atomic mass is 32.1. The molecule has 8 amide bonds. The number of para-hydroxylation sites is 1. The minimum absolute atomic E-state index is 0.00430. The van der Waals surface area contributed by atoms with Gasteiger partial charge < -0.3 is 84.7 Å². The number of hydrogen-bond acceptors (Lipinski definition) is 16. The monoisotopic (exact) mass is 1100 g/mol. The molecule has 0 spiro atoms. The third-order valence-corrected chi connectivity index (χ3v) is 12.8. The van der Waals surface area contributed by atoms with Crippen LogP contribution in [0, 0.1) is 0 Å². The van der Waals surface area contributed by atoms with Crippen molar-refractivity contribution in [2.45, 2.75) is 99.7 Å². The Morgan fingerprint density at radius 1 is 0.737 bits per heavy atom. The van der Waals surface area contributed by atoms with Gasteiger partial charge in [-0.15, -0.1) is 0 Å². The van der Waals surface area contributed by atoms with Gasteiger partial charge in [0.05, 0.1) is 19.2 Å². The summed E-state index contributed by atoms with van der Waals surface area (Å²) in [5.74, 6) is -10.5. The number of benzene rings is 2. The van der Waals surface area contributed by atoms with Crippen LogP contribution in [0.3, 0.4) is 0 Å². The second-order valence-electron chi connectivity index (χ2n) is 17.6. The topological polar surface area (TPSA) is 445 Å². The number of phenols is 1. The van der Waals surface area contributed by atoms with E-state index in [0.29, 0.717) is 28.5 Å². The number of rotatable bonds is 30. The minimum Gasteiger partial charge on any atom is -0.508 e. The molecule has 3 aromatic rings. The number of aliphatic hydroxyl groups is 1. The summed E-state index contributed by atoms with van der Waals surface area (Å²) in [6.07, 6.45) is 0.707. The molecule has 2 aromatic carbocycles. The lowest BCUT2D eigenvalue weighted by Gasteiger charge is -2.31. The lowest BCUT2D eigenvalue weighted by molar-refractivity contribution is -0.143. The van der Waals surface area contributed by atoms with Crippen molar-refractivity contribution in [3.05, 3.63) is 65.9 Å². The highest BCUT2D eigenvalue weighted by Crippen LogP contribution is 2.24. The fraction of sp³-hybridized carbons (Fsp3) is 0.468. The maximum absolute atomic E-state index is 14.7. The van der Waals surface area contributed by atoms with Gasteiger partial charge in [0.15, 0.2) is 5.96 Å². The standard InChI is InChI=1S/C47H65N13O14S2/c48-28(22-75)39(66)55-30(7-3-15-51-47(49)50)40(67)53-20-37(63)54-31(13-14-38(64)65)41(68)58-34(21-61)43(70)57-33(18-25-19-52-29-6-2-1-5-27(25)29)45(72)60-16-4-8-36(60)44(71)56-32(17-24-9-11-26(62)12-10-24)42(69)59-35(23-76)46(73)74/h1-2,5-6,9-12,19,28,30-36,52,61-62,75-76H,3-4,7-8,13-18,20-23,48H2,(H,53,67)(H,54,63)(H,55,66)(H,56,71)(H,57,70)(H,58,68)(H,59,69)(H,64,65)(H,73,74)(H4,49,50,51). The molecule has 0 bridgehead atoms. The first-order chi connectivity index (χ1) is 36.1. The van der Waals surface area contributed by atoms with E-state index in [9.17, 15) is 68.4 Å². The molecular formula is C47H65N13O14S2.